The van der Waals surface area contributed by atoms with E-state index in [2.05, 4.69) is 4.99 Å². The first-order valence-electron chi connectivity index (χ1n) is 6.55. The Morgan fingerprint density at radius 2 is 1.76 bits per heavy atom. The predicted molar refractivity (Wildman–Crippen MR) is 87.0 cm³/mol. The second-order valence-electron chi connectivity index (χ2n) is 4.76. The number of aliphatic imine (C=N–C) groups is 1. The van der Waals surface area contributed by atoms with Crippen LogP contribution in [0, 0.1) is 0 Å². The molecule has 0 amide bonds. The van der Waals surface area contributed by atoms with Crippen LogP contribution in [0.1, 0.15) is 11.7 Å². The lowest BCUT2D eigenvalue weighted by Crippen LogP contribution is -2.36. The van der Waals surface area contributed by atoms with Crippen molar-refractivity contribution in [1.29, 1.82) is 0 Å². The summed E-state index contributed by atoms with van der Waals surface area (Å²) in [4.78, 5) is 6.43. The summed E-state index contributed by atoms with van der Waals surface area (Å²) in [5, 5.41) is 0.648. The number of benzene rings is 2. The van der Waals surface area contributed by atoms with Crippen molar-refractivity contribution < 1.29 is 0 Å². The van der Waals surface area contributed by atoms with Crippen molar-refractivity contribution in [2.24, 2.45) is 16.5 Å². The quantitative estimate of drug-likeness (QED) is 0.895. The molecule has 106 valence electrons. The van der Waals surface area contributed by atoms with E-state index in [4.69, 9.17) is 23.1 Å². The molecular weight excluding hydrogens is 284 g/mol. The fourth-order valence-electron chi connectivity index (χ4n) is 2.36. The Morgan fingerprint density at radius 1 is 1.00 bits per heavy atom. The summed E-state index contributed by atoms with van der Waals surface area (Å²) >= 11 is 6.09. The molecule has 0 saturated heterocycles. The van der Waals surface area contributed by atoms with Crippen LogP contribution in [0.4, 0.5) is 5.69 Å². The zero-order valence-electron chi connectivity index (χ0n) is 11.3. The zero-order valence-corrected chi connectivity index (χ0v) is 12.0. The van der Waals surface area contributed by atoms with Crippen LogP contribution in [0.15, 0.2) is 71.5 Å². The fraction of sp³-hybridized carbons (Fsp3) is 0.0625. The predicted octanol–water partition coefficient (Wildman–Crippen LogP) is 3.02. The van der Waals surface area contributed by atoms with Crippen LogP contribution in [0.25, 0.3) is 0 Å². The molecule has 0 aliphatic carbocycles. The molecule has 1 aliphatic rings. The van der Waals surface area contributed by atoms with Gasteiger partial charge in [0.1, 0.15) is 11.7 Å². The molecule has 3 rings (SSSR count). The van der Waals surface area contributed by atoms with Crippen molar-refractivity contribution in [3.8, 4) is 0 Å². The van der Waals surface area contributed by atoms with E-state index in [1.54, 1.807) is 6.08 Å². The van der Waals surface area contributed by atoms with Gasteiger partial charge >= 0.3 is 0 Å². The van der Waals surface area contributed by atoms with Gasteiger partial charge in [-0.25, -0.2) is 4.99 Å². The minimum absolute atomic E-state index is 0.297. The van der Waals surface area contributed by atoms with Crippen molar-refractivity contribution in [3.05, 3.63) is 77.1 Å². The van der Waals surface area contributed by atoms with E-state index < -0.39 is 0 Å². The number of amidine groups is 1. The molecule has 2 aromatic rings. The molecule has 4 nitrogen and oxygen atoms in total. The van der Waals surface area contributed by atoms with Gasteiger partial charge in [-0.3, -0.25) is 0 Å². The number of anilines is 1. The van der Waals surface area contributed by atoms with Crippen molar-refractivity contribution in [2.75, 3.05) is 4.90 Å². The molecule has 5 heteroatoms. The highest BCUT2D eigenvalue weighted by Crippen LogP contribution is 2.33. The van der Waals surface area contributed by atoms with E-state index in [9.17, 15) is 0 Å². The molecule has 0 bridgehead atoms. The molecule has 4 N–H and O–H groups in total. The number of nitrogens with two attached hydrogens (primary N) is 2. The average molecular weight is 299 g/mol. The number of nitrogens with zero attached hydrogens (tertiary/aromatic N) is 2. The van der Waals surface area contributed by atoms with E-state index >= 15 is 0 Å². The maximum atomic E-state index is 6.16. The van der Waals surface area contributed by atoms with E-state index in [1.165, 1.54) is 0 Å². The maximum absolute atomic E-state index is 6.16. The van der Waals surface area contributed by atoms with Crippen LogP contribution < -0.4 is 16.4 Å². The Morgan fingerprint density at radius 3 is 2.48 bits per heavy atom. The van der Waals surface area contributed by atoms with Gasteiger partial charge in [-0.1, -0.05) is 48.0 Å². The van der Waals surface area contributed by atoms with Gasteiger partial charge in [-0.05, 0) is 23.8 Å². The van der Waals surface area contributed by atoms with Gasteiger partial charge in [0.05, 0.1) is 0 Å². The molecule has 0 spiro atoms. The molecular formula is C16H15ClN4. The first-order valence-corrected chi connectivity index (χ1v) is 6.93. The monoisotopic (exact) mass is 298 g/mol. The van der Waals surface area contributed by atoms with Gasteiger partial charge in [0.2, 0.25) is 0 Å². The summed E-state index contributed by atoms with van der Waals surface area (Å²) in [5.41, 5.74) is 13.9. The highest BCUT2D eigenvalue weighted by atomic mass is 35.5. The third kappa shape index (κ3) is 2.71. The molecule has 0 saturated carbocycles. The molecule has 1 aliphatic heterocycles. The minimum Gasteiger partial charge on any atom is -0.385 e. The van der Waals surface area contributed by atoms with Gasteiger partial charge < -0.3 is 16.4 Å². The third-order valence-electron chi connectivity index (χ3n) is 3.27. The smallest absolute Gasteiger partial charge is 0.154 e. The molecule has 2 aromatic carbocycles. The highest BCUT2D eigenvalue weighted by molar-refractivity contribution is 6.30. The maximum Gasteiger partial charge on any atom is 0.154 e. The first kappa shape index (κ1) is 13.5. The lowest BCUT2D eigenvalue weighted by atomic mass is 10.1. The summed E-state index contributed by atoms with van der Waals surface area (Å²) in [6, 6.07) is 17.4. The molecule has 0 unspecified atom stereocenters. The van der Waals surface area contributed by atoms with Crippen molar-refractivity contribution in [1.82, 2.24) is 0 Å². The third-order valence-corrected chi connectivity index (χ3v) is 3.51. The normalized spacial score (nSPS) is 18.1. The van der Waals surface area contributed by atoms with Gasteiger partial charge in [0.25, 0.3) is 0 Å². The van der Waals surface area contributed by atoms with Gasteiger partial charge in [0, 0.05) is 16.8 Å². The summed E-state index contributed by atoms with van der Waals surface area (Å²) in [5.74, 6) is 0.957. The number of hydrogen-bond donors (Lipinski definition) is 2. The molecule has 0 radical (unpaired) electrons. The van der Waals surface area contributed by atoms with Crippen LogP contribution in [0.3, 0.4) is 0 Å². The van der Waals surface area contributed by atoms with Crippen LogP contribution in [0.5, 0.6) is 0 Å². The lowest BCUT2D eigenvalue weighted by Gasteiger charge is -2.34. The Hall–Kier alpha value is -2.46. The summed E-state index contributed by atoms with van der Waals surface area (Å²) < 4.78 is 0. The zero-order chi connectivity index (χ0) is 14.8. The Balaban J connectivity index is 2.09. The van der Waals surface area contributed by atoms with Crippen LogP contribution in [-0.4, -0.2) is 5.84 Å². The van der Waals surface area contributed by atoms with E-state index in [1.807, 2.05) is 59.5 Å². The van der Waals surface area contributed by atoms with Crippen molar-refractivity contribution in [3.63, 3.8) is 0 Å². The van der Waals surface area contributed by atoms with Crippen molar-refractivity contribution in [2.45, 2.75) is 6.17 Å². The highest BCUT2D eigenvalue weighted by Gasteiger charge is 2.25. The van der Waals surface area contributed by atoms with Gasteiger partial charge in [-0.2, -0.15) is 0 Å². The number of halogens is 1. The lowest BCUT2D eigenvalue weighted by molar-refractivity contribution is 0.693. The van der Waals surface area contributed by atoms with Crippen LogP contribution in [0.2, 0.25) is 5.02 Å². The summed E-state index contributed by atoms with van der Waals surface area (Å²) in [7, 11) is 0. The summed E-state index contributed by atoms with van der Waals surface area (Å²) in [6.07, 6.45) is 1.36. The Kier molecular flexibility index (Phi) is 3.54. The van der Waals surface area contributed by atoms with Crippen LogP contribution in [-0.2, 0) is 0 Å². The Labute approximate surface area is 128 Å². The number of hydrogen-bond acceptors (Lipinski definition) is 4. The van der Waals surface area contributed by atoms with E-state index in [0.29, 0.717) is 16.7 Å². The standard InChI is InChI=1S/C16H15ClN4/c17-12-7-4-8-13(9-12)21-15(19)10-14(18)20-16(21)11-5-2-1-3-6-11/h1-10,16H,19H2,(H2,18,20)/t16-/m0/s1. The minimum atomic E-state index is -0.297. The topological polar surface area (TPSA) is 67.6 Å². The fourth-order valence-corrected chi connectivity index (χ4v) is 2.55. The summed E-state index contributed by atoms with van der Waals surface area (Å²) in [6.45, 7) is 0. The van der Waals surface area contributed by atoms with Gasteiger partial charge in [0.15, 0.2) is 6.17 Å². The molecule has 1 heterocycles. The SMILES string of the molecule is NC1=CC(N)=N[C@H](c2ccccc2)N1c1cccc(Cl)c1. The molecule has 0 aromatic heterocycles. The molecule has 21 heavy (non-hydrogen) atoms. The second kappa shape index (κ2) is 5.50. The molecule has 0 fully saturated rings. The number of rotatable bonds is 2. The van der Waals surface area contributed by atoms with Crippen molar-refractivity contribution >= 4 is 23.1 Å². The largest absolute Gasteiger partial charge is 0.385 e. The van der Waals surface area contributed by atoms with Gasteiger partial charge in [-0.15, -0.1) is 0 Å². The average Bonchev–Trinajstić information content (AvgIpc) is 2.47. The first-order chi connectivity index (χ1) is 10.1. The van der Waals surface area contributed by atoms with Crippen LogP contribution >= 0.6 is 11.6 Å². The van der Waals surface area contributed by atoms with E-state index in [-0.39, 0.29) is 6.17 Å². The second-order valence-corrected chi connectivity index (χ2v) is 5.19. The Bertz CT molecular complexity index is 709. The van der Waals surface area contributed by atoms with E-state index in [0.717, 1.165) is 11.3 Å². The molecule has 1 atom stereocenters.